The van der Waals surface area contributed by atoms with Crippen molar-refractivity contribution in [3.8, 4) is 0 Å². The van der Waals surface area contributed by atoms with Gasteiger partial charge in [0.25, 0.3) is 0 Å². The van der Waals surface area contributed by atoms with Crippen LogP contribution in [0.5, 0.6) is 0 Å². The molecule has 0 saturated carbocycles. The number of hydrogen-bond donors (Lipinski definition) is 1. The van der Waals surface area contributed by atoms with E-state index in [9.17, 15) is 0 Å². The van der Waals surface area contributed by atoms with Gasteiger partial charge in [-0.25, -0.2) is 4.58 Å². The third kappa shape index (κ3) is 3.45. The molecule has 2 aliphatic rings. The predicted octanol–water partition coefficient (Wildman–Crippen LogP) is 4.22. The topological polar surface area (TPSA) is 29.0 Å². The van der Waals surface area contributed by atoms with Crippen molar-refractivity contribution < 1.29 is 4.58 Å². The zero-order valence-electron chi connectivity index (χ0n) is 14.8. The predicted molar refractivity (Wildman–Crippen MR) is 105 cm³/mol. The van der Waals surface area contributed by atoms with Crippen LogP contribution < -0.4 is 5.73 Å². The highest BCUT2D eigenvalue weighted by molar-refractivity contribution is 6.00. The second-order valence-electron chi connectivity index (χ2n) is 7.27. The lowest BCUT2D eigenvalue weighted by Gasteiger charge is -2.24. The molecule has 0 unspecified atom stereocenters. The summed E-state index contributed by atoms with van der Waals surface area (Å²) in [5.41, 5.74) is 11.8. The number of allylic oxidation sites excluding steroid dienone is 2. The molecule has 1 fully saturated rings. The molecule has 2 atom stereocenters. The third-order valence-electron chi connectivity index (χ3n) is 5.70. The molecule has 25 heavy (non-hydrogen) atoms. The van der Waals surface area contributed by atoms with Crippen molar-refractivity contribution in [2.24, 2.45) is 5.73 Å². The molecule has 2 N–H and O–H groups in total. The molecule has 0 bridgehead atoms. The van der Waals surface area contributed by atoms with Crippen molar-refractivity contribution >= 4 is 11.3 Å². The number of benzene rings is 2. The van der Waals surface area contributed by atoms with Crippen LogP contribution in [0, 0.1) is 0 Å². The molecule has 2 nitrogen and oxygen atoms in total. The normalized spacial score (nSPS) is 26.5. The van der Waals surface area contributed by atoms with Gasteiger partial charge in [-0.05, 0) is 29.0 Å². The number of rotatable bonds is 3. The van der Waals surface area contributed by atoms with Crippen LogP contribution in [0.2, 0.25) is 0 Å². The van der Waals surface area contributed by atoms with E-state index < -0.39 is 0 Å². The van der Waals surface area contributed by atoms with E-state index in [1.54, 1.807) is 0 Å². The molecule has 1 aliphatic heterocycles. The van der Waals surface area contributed by atoms with Crippen LogP contribution in [0.4, 0.5) is 0 Å². The lowest BCUT2D eigenvalue weighted by molar-refractivity contribution is -0.541. The Balaban J connectivity index is 1.76. The van der Waals surface area contributed by atoms with Crippen LogP contribution in [0.1, 0.15) is 42.7 Å². The minimum absolute atomic E-state index is 0.512. The minimum atomic E-state index is 0.512. The molecule has 128 valence electrons. The highest BCUT2D eigenvalue weighted by Gasteiger charge is 2.33. The Morgan fingerprint density at radius 1 is 0.920 bits per heavy atom. The van der Waals surface area contributed by atoms with Gasteiger partial charge in [0, 0.05) is 25.3 Å². The number of nitrogens with two attached hydrogens (primary N) is 1. The summed E-state index contributed by atoms with van der Waals surface area (Å²) >= 11 is 0. The van der Waals surface area contributed by atoms with Crippen LogP contribution >= 0.6 is 0 Å². The van der Waals surface area contributed by atoms with Gasteiger partial charge in [0.1, 0.15) is 6.54 Å². The van der Waals surface area contributed by atoms with E-state index in [-0.39, 0.29) is 0 Å². The SMILES string of the molecule is NC[C@@H]1CCC[N+]1=C1C=C(c2ccccc2)C[C@@H](c2ccccc2)C1. The smallest absolute Gasteiger partial charge is 0.177 e. The summed E-state index contributed by atoms with van der Waals surface area (Å²) in [4.78, 5) is 0. The monoisotopic (exact) mass is 331 g/mol. The van der Waals surface area contributed by atoms with Gasteiger partial charge in [-0.15, -0.1) is 0 Å². The van der Waals surface area contributed by atoms with Gasteiger partial charge in [0.2, 0.25) is 0 Å². The summed E-state index contributed by atoms with van der Waals surface area (Å²) in [5, 5.41) is 0. The molecular weight excluding hydrogens is 304 g/mol. The summed E-state index contributed by atoms with van der Waals surface area (Å²) in [7, 11) is 0. The molecule has 4 rings (SSSR count). The zero-order chi connectivity index (χ0) is 17.1. The van der Waals surface area contributed by atoms with Crippen molar-refractivity contribution in [2.75, 3.05) is 13.1 Å². The second-order valence-corrected chi connectivity index (χ2v) is 7.27. The van der Waals surface area contributed by atoms with Crippen molar-refractivity contribution in [2.45, 2.75) is 37.6 Å². The Morgan fingerprint density at radius 3 is 2.36 bits per heavy atom. The number of nitrogens with zero attached hydrogens (tertiary/aromatic N) is 1. The van der Waals surface area contributed by atoms with Gasteiger partial charge >= 0.3 is 0 Å². The molecule has 2 aromatic carbocycles. The van der Waals surface area contributed by atoms with Crippen molar-refractivity contribution in [1.29, 1.82) is 0 Å². The van der Waals surface area contributed by atoms with Crippen molar-refractivity contribution in [3.63, 3.8) is 0 Å². The molecule has 1 heterocycles. The van der Waals surface area contributed by atoms with Crippen molar-refractivity contribution in [3.05, 3.63) is 77.9 Å². The minimum Gasteiger partial charge on any atom is -0.325 e. The summed E-state index contributed by atoms with van der Waals surface area (Å²) in [6, 6.07) is 22.3. The molecule has 0 amide bonds. The van der Waals surface area contributed by atoms with Gasteiger partial charge in [-0.1, -0.05) is 60.7 Å². The van der Waals surface area contributed by atoms with Gasteiger partial charge in [0.15, 0.2) is 11.8 Å². The Labute approximate surface area is 150 Å². The van der Waals surface area contributed by atoms with E-state index >= 15 is 0 Å². The molecule has 2 aromatic rings. The van der Waals surface area contributed by atoms with Gasteiger partial charge in [-0.3, -0.25) is 0 Å². The lowest BCUT2D eigenvalue weighted by atomic mass is 9.80. The molecule has 2 heteroatoms. The van der Waals surface area contributed by atoms with Crippen LogP contribution in [-0.2, 0) is 0 Å². The first-order valence-electron chi connectivity index (χ1n) is 9.48. The van der Waals surface area contributed by atoms with E-state index in [2.05, 4.69) is 71.3 Å². The van der Waals surface area contributed by atoms with E-state index in [1.165, 1.54) is 35.3 Å². The Morgan fingerprint density at radius 2 is 1.64 bits per heavy atom. The summed E-state index contributed by atoms with van der Waals surface area (Å²) in [6.07, 6.45) is 7.17. The van der Waals surface area contributed by atoms with Crippen molar-refractivity contribution in [1.82, 2.24) is 0 Å². The largest absolute Gasteiger partial charge is 0.325 e. The fraction of sp³-hybridized carbons (Fsp3) is 0.348. The quantitative estimate of drug-likeness (QED) is 0.838. The molecule has 1 saturated heterocycles. The van der Waals surface area contributed by atoms with E-state index in [0.717, 1.165) is 25.9 Å². The highest BCUT2D eigenvalue weighted by atomic mass is 15.1. The third-order valence-corrected chi connectivity index (χ3v) is 5.70. The molecule has 1 aliphatic carbocycles. The lowest BCUT2D eigenvalue weighted by Crippen LogP contribution is -2.33. The number of hydrogen-bond acceptors (Lipinski definition) is 1. The second kappa shape index (κ2) is 7.37. The maximum atomic E-state index is 6.05. The average molecular weight is 331 g/mol. The van der Waals surface area contributed by atoms with Crippen LogP contribution in [0.25, 0.3) is 5.57 Å². The van der Waals surface area contributed by atoms with Gasteiger partial charge in [0.05, 0.1) is 6.54 Å². The van der Waals surface area contributed by atoms with E-state index in [4.69, 9.17) is 5.73 Å². The summed E-state index contributed by atoms with van der Waals surface area (Å²) < 4.78 is 2.58. The first-order chi connectivity index (χ1) is 12.3. The molecule has 0 aromatic heterocycles. The zero-order valence-corrected chi connectivity index (χ0v) is 14.8. The Hall–Kier alpha value is -2.19. The van der Waals surface area contributed by atoms with E-state index in [1.807, 2.05) is 0 Å². The molecular formula is C23H27N2+. The first-order valence-corrected chi connectivity index (χ1v) is 9.48. The maximum absolute atomic E-state index is 6.05. The fourth-order valence-corrected chi connectivity index (χ4v) is 4.38. The Kier molecular flexibility index (Phi) is 4.80. The maximum Gasteiger partial charge on any atom is 0.177 e. The Bertz CT molecular complexity index is 774. The fourth-order valence-electron chi connectivity index (χ4n) is 4.38. The summed E-state index contributed by atoms with van der Waals surface area (Å²) in [6.45, 7) is 1.91. The van der Waals surface area contributed by atoms with Crippen LogP contribution in [0.15, 0.2) is 66.7 Å². The highest BCUT2D eigenvalue weighted by Crippen LogP contribution is 2.36. The molecule has 0 radical (unpaired) electrons. The summed E-state index contributed by atoms with van der Waals surface area (Å²) in [5.74, 6) is 0.551. The van der Waals surface area contributed by atoms with Gasteiger partial charge in [-0.2, -0.15) is 0 Å². The van der Waals surface area contributed by atoms with E-state index in [0.29, 0.717) is 12.0 Å². The standard InChI is InChI=1S/C23H27N2/c24-17-22-12-7-13-25(22)23-15-20(18-8-3-1-4-9-18)14-21(16-23)19-10-5-2-6-11-19/h1-6,8-11,15,21-22H,7,12-14,16-17,24H2/q+1/t21-,22+/m1/s1. The average Bonchev–Trinajstić information content (AvgIpc) is 3.18. The van der Waals surface area contributed by atoms with Crippen LogP contribution in [-0.4, -0.2) is 29.4 Å². The molecule has 0 spiro atoms. The van der Waals surface area contributed by atoms with Crippen LogP contribution in [0.3, 0.4) is 0 Å². The first kappa shape index (κ1) is 16.3. The van der Waals surface area contributed by atoms with Gasteiger partial charge < -0.3 is 5.73 Å².